The van der Waals surface area contributed by atoms with Gasteiger partial charge in [0.25, 0.3) is 0 Å². The third-order valence-corrected chi connectivity index (χ3v) is 3.15. The summed E-state index contributed by atoms with van der Waals surface area (Å²) in [5, 5.41) is 0. The molecule has 0 atom stereocenters. The van der Waals surface area contributed by atoms with Gasteiger partial charge in [-0.25, -0.2) is 0 Å². The summed E-state index contributed by atoms with van der Waals surface area (Å²) in [6.45, 7) is 0. The Hall–Kier alpha value is -2.42. The summed E-state index contributed by atoms with van der Waals surface area (Å²) in [6, 6.07) is 13.6. The fraction of sp³-hybridized carbons (Fsp3) is 0. The van der Waals surface area contributed by atoms with Crippen LogP contribution in [0.1, 0.15) is 0 Å². The van der Waals surface area contributed by atoms with Crippen molar-refractivity contribution < 1.29 is 0 Å². The lowest BCUT2D eigenvalue weighted by Crippen LogP contribution is -1.96. The van der Waals surface area contributed by atoms with Crippen molar-refractivity contribution in [3.63, 3.8) is 0 Å². The van der Waals surface area contributed by atoms with Crippen LogP contribution in [-0.4, -0.2) is 0 Å². The van der Waals surface area contributed by atoms with Crippen LogP contribution in [0.4, 0.5) is 17.1 Å². The minimum Gasteiger partial charge on any atom is -0.398 e. The summed E-state index contributed by atoms with van der Waals surface area (Å²) in [5.74, 6) is 0. The van der Waals surface area contributed by atoms with Crippen LogP contribution in [0.5, 0.6) is 0 Å². The molecular weight excluding hydrogens is 210 g/mol. The molecule has 3 nitrogen and oxygen atoms in total. The summed E-state index contributed by atoms with van der Waals surface area (Å²) in [4.78, 5) is 0. The normalized spacial score (nSPS) is 11.1. The van der Waals surface area contributed by atoms with E-state index in [0.29, 0.717) is 17.1 Å². The molecule has 0 amide bonds. The van der Waals surface area contributed by atoms with Gasteiger partial charge in [0.1, 0.15) is 0 Å². The molecule has 0 aromatic heterocycles. The summed E-state index contributed by atoms with van der Waals surface area (Å²) in [7, 11) is 0. The van der Waals surface area contributed by atoms with E-state index >= 15 is 0 Å². The van der Waals surface area contributed by atoms with Gasteiger partial charge in [0.05, 0.1) is 0 Å². The molecule has 17 heavy (non-hydrogen) atoms. The molecule has 0 unspecified atom stereocenters. The Bertz CT molecular complexity index is 646. The number of rotatable bonds is 0. The van der Waals surface area contributed by atoms with E-state index in [1.807, 2.05) is 42.5 Å². The number of fused-ring (bicyclic) bond motifs is 2. The van der Waals surface area contributed by atoms with Gasteiger partial charge in [0, 0.05) is 33.8 Å². The summed E-state index contributed by atoms with van der Waals surface area (Å²) in [6.07, 6.45) is 0. The van der Waals surface area contributed by atoms with Crippen LogP contribution >= 0.6 is 0 Å². The fourth-order valence-electron chi connectivity index (χ4n) is 2.27. The molecule has 0 aromatic rings. The Balaban J connectivity index is 2.50. The summed E-state index contributed by atoms with van der Waals surface area (Å²) < 4.78 is 0. The van der Waals surface area contributed by atoms with E-state index < -0.39 is 0 Å². The van der Waals surface area contributed by atoms with Gasteiger partial charge in [-0.15, -0.1) is 0 Å². The van der Waals surface area contributed by atoms with Crippen LogP contribution in [0.15, 0.2) is 42.5 Å². The average molecular weight is 223 g/mol. The van der Waals surface area contributed by atoms with Gasteiger partial charge in [0.15, 0.2) is 0 Å². The minimum atomic E-state index is 0.669. The van der Waals surface area contributed by atoms with Crippen LogP contribution in [0.25, 0.3) is 22.3 Å². The maximum absolute atomic E-state index is 6.21. The molecule has 0 aliphatic heterocycles. The minimum absolute atomic E-state index is 0.669. The van der Waals surface area contributed by atoms with Gasteiger partial charge >= 0.3 is 0 Å². The second-order valence-corrected chi connectivity index (χ2v) is 4.17. The van der Waals surface area contributed by atoms with Crippen molar-refractivity contribution in [3.05, 3.63) is 42.5 Å². The molecule has 3 rings (SSSR count). The van der Waals surface area contributed by atoms with Crippen molar-refractivity contribution in [3.8, 4) is 22.3 Å². The lowest BCUT2D eigenvalue weighted by atomic mass is 10.0. The highest BCUT2D eigenvalue weighted by Crippen LogP contribution is 2.42. The van der Waals surface area contributed by atoms with Crippen molar-refractivity contribution in [1.29, 1.82) is 0 Å². The van der Waals surface area contributed by atoms with Gasteiger partial charge < -0.3 is 17.2 Å². The third-order valence-electron chi connectivity index (χ3n) is 3.15. The molecule has 0 aromatic carbocycles. The molecule has 84 valence electrons. The monoisotopic (exact) mass is 223 g/mol. The number of anilines is 3. The van der Waals surface area contributed by atoms with Gasteiger partial charge in [0.2, 0.25) is 0 Å². The first-order valence-electron chi connectivity index (χ1n) is 5.43. The highest BCUT2D eigenvalue weighted by molar-refractivity contribution is 5.99. The van der Waals surface area contributed by atoms with Crippen molar-refractivity contribution in [2.75, 3.05) is 17.2 Å². The van der Waals surface area contributed by atoms with Crippen molar-refractivity contribution in [2.24, 2.45) is 0 Å². The molecule has 3 aliphatic carbocycles. The summed E-state index contributed by atoms with van der Waals surface area (Å²) >= 11 is 0. The first-order valence-corrected chi connectivity index (χ1v) is 5.43. The van der Waals surface area contributed by atoms with E-state index in [9.17, 15) is 0 Å². The molecule has 0 radical (unpaired) electrons. The zero-order chi connectivity index (χ0) is 12.0. The smallest absolute Gasteiger partial charge is 0.0495 e. The first-order chi connectivity index (χ1) is 8.18. The van der Waals surface area contributed by atoms with Crippen LogP contribution in [0, 0.1) is 0 Å². The van der Waals surface area contributed by atoms with E-state index in [1.165, 1.54) is 0 Å². The second kappa shape index (κ2) is 3.28. The zero-order valence-corrected chi connectivity index (χ0v) is 9.27. The molecule has 3 aliphatic rings. The summed E-state index contributed by atoms with van der Waals surface area (Å²) in [5.41, 5.74) is 24.1. The number of nitrogens with two attached hydrogens (primary N) is 3. The Morgan fingerprint density at radius 3 is 2.24 bits per heavy atom. The molecule has 3 heteroatoms. The predicted octanol–water partition coefficient (Wildman–Crippen LogP) is 2.64. The van der Waals surface area contributed by atoms with Crippen LogP contribution in [-0.2, 0) is 0 Å². The molecule has 0 saturated heterocycles. The molecule has 0 bridgehead atoms. The van der Waals surface area contributed by atoms with E-state index in [2.05, 4.69) is 0 Å². The topological polar surface area (TPSA) is 78.1 Å². The Labute approximate surface area is 99.5 Å². The SMILES string of the molecule is Nc1ccc2cccc-2c(N)c2c(N)ccc1-2. The van der Waals surface area contributed by atoms with E-state index in [1.54, 1.807) is 0 Å². The van der Waals surface area contributed by atoms with Gasteiger partial charge in [-0.1, -0.05) is 30.3 Å². The Kier molecular flexibility index (Phi) is 1.89. The largest absolute Gasteiger partial charge is 0.398 e. The first kappa shape index (κ1) is 9.78. The van der Waals surface area contributed by atoms with Crippen LogP contribution < -0.4 is 17.2 Å². The lowest BCUT2D eigenvalue weighted by Gasteiger charge is -2.09. The second-order valence-electron chi connectivity index (χ2n) is 4.17. The van der Waals surface area contributed by atoms with Gasteiger partial charge in [-0.05, 0) is 17.7 Å². The fourth-order valence-corrected chi connectivity index (χ4v) is 2.27. The Morgan fingerprint density at radius 1 is 0.647 bits per heavy atom. The van der Waals surface area contributed by atoms with Crippen molar-refractivity contribution >= 4 is 17.1 Å². The highest BCUT2D eigenvalue weighted by atomic mass is 14.7. The van der Waals surface area contributed by atoms with Crippen LogP contribution in [0.3, 0.4) is 0 Å². The Morgan fingerprint density at radius 2 is 1.41 bits per heavy atom. The highest BCUT2D eigenvalue weighted by Gasteiger charge is 2.16. The standard InChI is InChI=1S/C14H13N3/c15-11-6-4-8-2-1-3-9(8)14(17)13-10(11)5-7-12(13)16/h1-7H,15-17H2. The molecule has 0 saturated carbocycles. The van der Waals surface area contributed by atoms with E-state index in [-0.39, 0.29) is 0 Å². The van der Waals surface area contributed by atoms with Gasteiger partial charge in [-0.3, -0.25) is 0 Å². The zero-order valence-electron chi connectivity index (χ0n) is 9.27. The van der Waals surface area contributed by atoms with Crippen molar-refractivity contribution in [1.82, 2.24) is 0 Å². The maximum Gasteiger partial charge on any atom is 0.0495 e. The van der Waals surface area contributed by atoms with Crippen LogP contribution in [0.2, 0.25) is 0 Å². The molecular formula is C14H13N3. The molecule has 0 spiro atoms. The number of hydrogen-bond acceptors (Lipinski definition) is 3. The number of nitrogen functional groups attached to an aromatic ring is 3. The maximum atomic E-state index is 6.21. The molecule has 0 fully saturated rings. The quantitative estimate of drug-likeness (QED) is 0.548. The van der Waals surface area contributed by atoms with Crippen molar-refractivity contribution in [2.45, 2.75) is 0 Å². The predicted molar refractivity (Wildman–Crippen MR) is 72.9 cm³/mol. The van der Waals surface area contributed by atoms with E-state index in [0.717, 1.165) is 22.3 Å². The molecule has 6 N–H and O–H groups in total. The lowest BCUT2D eigenvalue weighted by molar-refractivity contribution is 1.66. The van der Waals surface area contributed by atoms with Gasteiger partial charge in [-0.2, -0.15) is 0 Å². The number of hydrogen-bond donors (Lipinski definition) is 3. The molecule has 0 heterocycles. The average Bonchev–Trinajstić information content (AvgIpc) is 2.90. The third kappa shape index (κ3) is 1.29. The van der Waals surface area contributed by atoms with E-state index in [4.69, 9.17) is 17.2 Å².